The Labute approximate surface area is 123 Å². The minimum absolute atomic E-state index is 0.508. The molecule has 0 amide bonds. The molecule has 0 bridgehead atoms. The summed E-state index contributed by atoms with van der Waals surface area (Å²) in [6.45, 7) is 7.08. The predicted molar refractivity (Wildman–Crippen MR) is 83.6 cm³/mol. The van der Waals surface area contributed by atoms with E-state index in [2.05, 4.69) is 58.3 Å². The summed E-state index contributed by atoms with van der Waals surface area (Å²) < 4.78 is 0. The van der Waals surface area contributed by atoms with Gasteiger partial charge in [-0.05, 0) is 29.4 Å². The molecule has 0 saturated heterocycles. The fourth-order valence-electron chi connectivity index (χ4n) is 1.82. The molecule has 2 heterocycles. The average molecular weight is 295 g/mol. The average Bonchev–Trinajstić information content (AvgIpc) is 2.98. The van der Waals surface area contributed by atoms with Crippen LogP contribution in [0.1, 0.15) is 30.1 Å². The summed E-state index contributed by atoms with van der Waals surface area (Å²) in [4.78, 5) is 6.97. The SMILES string of the molecule is CC(C)NCc1nc(CN(C)Cc2ccsc2)cs1. The Morgan fingerprint density at radius 3 is 2.84 bits per heavy atom. The molecule has 0 aliphatic heterocycles. The first-order valence-electron chi connectivity index (χ1n) is 6.50. The van der Waals surface area contributed by atoms with Crippen molar-refractivity contribution in [2.75, 3.05) is 7.05 Å². The van der Waals surface area contributed by atoms with Gasteiger partial charge < -0.3 is 5.32 Å². The minimum Gasteiger partial charge on any atom is -0.308 e. The number of thiophene rings is 1. The Kier molecular flexibility index (Phi) is 5.51. The Balaban J connectivity index is 1.82. The van der Waals surface area contributed by atoms with Gasteiger partial charge in [0.15, 0.2) is 0 Å². The van der Waals surface area contributed by atoms with Gasteiger partial charge in [0.05, 0.1) is 5.69 Å². The smallest absolute Gasteiger partial charge is 0.107 e. The fourth-order valence-corrected chi connectivity index (χ4v) is 3.22. The van der Waals surface area contributed by atoms with E-state index in [1.165, 1.54) is 16.3 Å². The predicted octanol–water partition coefficient (Wildman–Crippen LogP) is 3.33. The van der Waals surface area contributed by atoms with E-state index in [4.69, 9.17) is 0 Å². The molecule has 5 heteroatoms. The van der Waals surface area contributed by atoms with Crippen molar-refractivity contribution in [3.63, 3.8) is 0 Å². The summed E-state index contributed by atoms with van der Waals surface area (Å²) in [6, 6.07) is 2.69. The standard InChI is InChI=1S/C14H21N3S2/c1-11(2)15-6-14-16-13(10-19-14)8-17(3)7-12-4-5-18-9-12/h4-5,9-11,15H,6-8H2,1-3H3. The van der Waals surface area contributed by atoms with Crippen LogP contribution in [0.25, 0.3) is 0 Å². The largest absolute Gasteiger partial charge is 0.308 e. The van der Waals surface area contributed by atoms with Gasteiger partial charge in [0.25, 0.3) is 0 Å². The topological polar surface area (TPSA) is 28.2 Å². The lowest BCUT2D eigenvalue weighted by Gasteiger charge is -2.14. The van der Waals surface area contributed by atoms with E-state index in [1.807, 2.05) is 0 Å². The first-order chi connectivity index (χ1) is 9.13. The number of hydrogen-bond acceptors (Lipinski definition) is 5. The zero-order valence-corrected chi connectivity index (χ0v) is 13.4. The van der Waals surface area contributed by atoms with Gasteiger partial charge in [-0.1, -0.05) is 13.8 Å². The highest BCUT2D eigenvalue weighted by Crippen LogP contribution is 2.14. The molecule has 0 unspecified atom stereocenters. The van der Waals surface area contributed by atoms with Gasteiger partial charge in [0.1, 0.15) is 5.01 Å². The van der Waals surface area contributed by atoms with E-state index in [0.717, 1.165) is 19.6 Å². The molecule has 0 aliphatic carbocycles. The van der Waals surface area contributed by atoms with Crippen LogP contribution >= 0.6 is 22.7 Å². The highest BCUT2D eigenvalue weighted by atomic mass is 32.1. The van der Waals surface area contributed by atoms with Crippen LogP contribution in [0.2, 0.25) is 0 Å². The number of aromatic nitrogens is 1. The lowest BCUT2D eigenvalue weighted by Crippen LogP contribution is -2.22. The van der Waals surface area contributed by atoms with Gasteiger partial charge >= 0.3 is 0 Å². The molecular weight excluding hydrogens is 274 g/mol. The van der Waals surface area contributed by atoms with Crippen LogP contribution in [0.4, 0.5) is 0 Å². The molecule has 0 saturated carbocycles. The maximum absolute atomic E-state index is 4.67. The molecule has 0 radical (unpaired) electrons. The molecule has 0 atom stereocenters. The summed E-state index contributed by atoms with van der Waals surface area (Å²) in [5, 5.41) is 11.1. The Bertz CT molecular complexity index is 477. The normalized spacial score (nSPS) is 11.6. The number of rotatable bonds is 7. The fraction of sp³-hybridized carbons (Fsp3) is 0.500. The van der Waals surface area contributed by atoms with Crippen molar-refractivity contribution in [3.05, 3.63) is 38.5 Å². The molecule has 2 aromatic rings. The van der Waals surface area contributed by atoms with Crippen molar-refractivity contribution >= 4 is 22.7 Å². The molecule has 2 rings (SSSR count). The maximum atomic E-state index is 4.67. The summed E-state index contributed by atoms with van der Waals surface area (Å²) in [5.41, 5.74) is 2.55. The van der Waals surface area contributed by atoms with E-state index < -0.39 is 0 Å². The molecular formula is C14H21N3S2. The van der Waals surface area contributed by atoms with E-state index in [9.17, 15) is 0 Å². The van der Waals surface area contributed by atoms with E-state index in [1.54, 1.807) is 22.7 Å². The van der Waals surface area contributed by atoms with Crippen molar-refractivity contribution in [1.29, 1.82) is 0 Å². The first kappa shape index (κ1) is 14.7. The van der Waals surface area contributed by atoms with Crippen LogP contribution in [0.3, 0.4) is 0 Å². The summed E-state index contributed by atoms with van der Waals surface area (Å²) in [6.07, 6.45) is 0. The molecule has 0 aliphatic rings. The van der Waals surface area contributed by atoms with Crippen LogP contribution in [0, 0.1) is 0 Å². The van der Waals surface area contributed by atoms with Crippen LogP contribution in [0.5, 0.6) is 0 Å². The lowest BCUT2D eigenvalue weighted by atomic mass is 10.3. The molecule has 3 nitrogen and oxygen atoms in total. The first-order valence-corrected chi connectivity index (χ1v) is 8.32. The molecule has 19 heavy (non-hydrogen) atoms. The second kappa shape index (κ2) is 7.14. The number of hydrogen-bond donors (Lipinski definition) is 1. The quantitative estimate of drug-likeness (QED) is 0.849. The molecule has 0 spiro atoms. The minimum atomic E-state index is 0.508. The Hall–Kier alpha value is -0.750. The second-order valence-corrected chi connectivity index (χ2v) is 6.79. The van der Waals surface area contributed by atoms with Crippen LogP contribution < -0.4 is 5.32 Å². The summed E-state index contributed by atoms with van der Waals surface area (Å²) in [7, 11) is 2.14. The van der Waals surface area contributed by atoms with Gasteiger partial charge in [-0.25, -0.2) is 4.98 Å². The molecule has 0 aromatic carbocycles. The third-order valence-electron chi connectivity index (χ3n) is 2.73. The van der Waals surface area contributed by atoms with Crippen molar-refractivity contribution in [1.82, 2.24) is 15.2 Å². The molecule has 1 N–H and O–H groups in total. The zero-order chi connectivity index (χ0) is 13.7. The van der Waals surface area contributed by atoms with Gasteiger partial charge in [0, 0.05) is 31.1 Å². The van der Waals surface area contributed by atoms with E-state index >= 15 is 0 Å². The van der Waals surface area contributed by atoms with E-state index in [0.29, 0.717) is 6.04 Å². The molecule has 104 valence electrons. The Morgan fingerprint density at radius 1 is 1.32 bits per heavy atom. The van der Waals surface area contributed by atoms with Gasteiger partial charge in [0.2, 0.25) is 0 Å². The zero-order valence-electron chi connectivity index (χ0n) is 11.7. The van der Waals surface area contributed by atoms with E-state index in [-0.39, 0.29) is 0 Å². The number of thiazole rings is 1. The van der Waals surface area contributed by atoms with Crippen molar-refractivity contribution in [2.24, 2.45) is 0 Å². The van der Waals surface area contributed by atoms with Crippen molar-refractivity contribution in [3.8, 4) is 0 Å². The third-order valence-corrected chi connectivity index (χ3v) is 4.36. The summed E-state index contributed by atoms with van der Waals surface area (Å²) >= 11 is 3.50. The summed E-state index contributed by atoms with van der Waals surface area (Å²) in [5.74, 6) is 0. The Morgan fingerprint density at radius 2 is 2.16 bits per heavy atom. The molecule has 0 fully saturated rings. The monoisotopic (exact) mass is 295 g/mol. The van der Waals surface area contributed by atoms with Crippen molar-refractivity contribution < 1.29 is 0 Å². The van der Waals surface area contributed by atoms with Crippen LogP contribution in [-0.2, 0) is 19.6 Å². The highest BCUT2D eigenvalue weighted by Gasteiger charge is 2.06. The van der Waals surface area contributed by atoms with Gasteiger partial charge in [-0.2, -0.15) is 11.3 Å². The van der Waals surface area contributed by atoms with Gasteiger partial charge in [-0.3, -0.25) is 4.90 Å². The number of nitrogens with zero attached hydrogens (tertiary/aromatic N) is 2. The second-order valence-electron chi connectivity index (χ2n) is 5.07. The molecule has 2 aromatic heterocycles. The third kappa shape index (κ3) is 5.03. The highest BCUT2D eigenvalue weighted by molar-refractivity contribution is 7.09. The maximum Gasteiger partial charge on any atom is 0.107 e. The lowest BCUT2D eigenvalue weighted by molar-refractivity contribution is 0.316. The van der Waals surface area contributed by atoms with Crippen LogP contribution in [0.15, 0.2) is 22.2 Å². The van der Waals surface area contributed by atoms with Gasteiger partial charge in [-0.15, -0.1) is 11.3 Å². The van der Waals surface area contributed by atoms with Crippen LogP contribution in [-0.4, -0.2) is 23.0 Å². The number of nitrogens with one attached hydrogen (secondary N) is 1. The van der Waals surface area contributed by atoms with Crippen molar-refractivity contribution in [2.45, 2.75) is 39.5 Å².